The summed E-state index contributed by atoms with van der Waals surface area (Å²) in [6.45, 7) is 0. The minimum atomic E-state index is -4.42. The number of aromatic nitrogens is 2. The van der Waals surface area contributed by atoms with Gasteiger partial charge in [-0.05, 0) is 61.7 Å². The number of nitrogens with one attached hydrogen (secondary N) is 1. The van der Waals surface area contributed by atoms with Crippen molar-refractivity contribution < 1.29 is 13.2 Å². The average molecular weight is 431 g/mol. The van der Waals surface area contributed by atoms with Crippen LogP contribution in [0.4, 0.5) is 24.7 Å². The second kappa shape index (κ2) is 5.87. The number of alkyl halides is 3. The Bertz CT molecular complexity index is 649. The number of anilines is 2. The van der Waals surface area contributed by atoms with Crippen molar-refractivity contribution >= 4 is 55.0 Å². The van der Waals surface area contributed by atoms with E-state index in [0.717, 1.165) is 12.1 Å². The molecule has 1 aromatic carbocycles. The summed E-state index contributed by atoms with van der Waals surface area (Å²) >= 11 is 12.0. The third-order valence-corrected chi connectivity index (χ3v) is 3.72. The number of hydrogen-bond donors (Lipinski definition) is 1. The molecule has 0 fully saturated rings. The van der Waals surface area contributed by atoms with E-state index in [1.807, 2.05) is 0 Å². The molecule has 0 aliphatic heterocycles. The molecule has 2 rings (SSSR count). The van der Waals surface area contributed by atoms with Gasteiger partial charge in [-0.1, -0.05) is 0 Å². The van der Waals surface area contributed by atoms with Gasteiger partial charge in [-0.3, -0.25) is 0 Å². The van der Waals surface area contributed by atoms with E-state index < -0.39 is 11.7 Å². The monoisotopic (exact) mass is 429 g/mol. The summed E-state index contributed by atoms with van der Waals surface area (Å²) in [5, 5.41) is 2.75. The Kier molecular flexibility index (Phi) is 4.55. The SMILES string of the molecule is FC(F)(F)c1ccc(Br)c(Nc2nc(Cl)ncc2Br)c1. The van der Waals surface area contributed by atoms with Crippen molar-refractivity contribution in [3.63, 3.8) is 0 Å². The zero-order chi connectivity index (χ0) is 14.9. The van der Waals surface area contributed by atoms with E-state index in [1.165, 1.54) is 12.3 Å². The molecule has 2 aromatic rings. The number of nitrogens with zero attached hydrogens (tertiary/aromatic N) is 2. The second-order valence-electron chi connectivity index (χ2n) is 3.65. The van der Waals surface area contributed by atoms with Crippen LogP contribution < -0.4 is 5.32 Å². The predicted molar refractivity (Wildman–Crippen MR) is 77.2 cm³/mol. The first-order valence-corrected chi connectivity index (χ1v) is 7.05. The molecule has 106 valence electrons. The fourth-order valence-corrected chi connectivity index (χ4v) is 2.13. The van der Waals surface area contributed by atoms with Gasteiger partial charge in [-0.2, -0.15) is 18.2 Å². The fourth-order valence-electron chi connectivity index (χ4n) is 1.36. The average Bonchev–Trinajstić information content (AvgIpc) is 2.35. The second-order valence-corrected chi connectivity index (χ2v) is 5.70. The van der Waals surface area contributed by atoms with Gasteiger partial charge in [0.25, 0.3) is 0 Å². The van der Waals surface area contributed by atoms with E-state index in [1.54, 1.807) is 0 Å². The van der Waals surface area contributed by atoms with Gasteiger partial charge in [0.2, 0.25) is 5.28 Å². The van der Waals surface area contributed by atoms with Crippen LogP contribution >= 0.6 is 43.5 Å². The first-order chi connectivity index (χ1) is 9.27. The summed E-state index contributed by atoms with van der Waals surface area (Å²) in [6.07, 6.45) is -3.02. The van der Waals surface area contributed by atoms with Crippen molar-refractivity contribution in [1.29, 1.82) is 0 Å². The third-order valence-electron chi connectivity index (χ3n) is 2.26. The largest absolute Gasteiger partial charge is 0.416 e. The summed E-state index contributed by atoms with van der Waals surface area (Å²) < 4.78 is 39.0. The summed E-state index contributed by atoms with van der Waals surface area (Å²) in [4.78, 5) is 7.63. The van der Waals surface area contributed by atoms with Crippen LogP contribution in [0.1, 0.15) is 5.56 Å². The molecule has 0 bridgehead atoms. The molecule has 0 atom stereocenters. The molecule has 1 aromatic heterocycles. The van der Waals surface area contributed by atoms with Gasteiger partial charge >= 0.3 is 6.18 Å². The van der Waals surface area contributed by atoms with Crippen LogP contribution in [0.3, 0.4) is 0 Å². The minimum Gasteiger partial charge on any atom is -0.338 e. The molecular formula is C11H5Br2ClF3N3. The first-order valence-electron chi connectivity index (χ1n) is 5.09. The molecule has 0 radical (unpaired) electrons. The van der Waals surface area contributed by atoms with Crippen LogP contribution in [0.5, 0.6) is 0 Å². The highest BCUT2D eigenvalue weighted by molar-refractivity contribution is 9.11. The van der Waals surface area contributed by atoms with E-state index in [9.17, 15) is 13.2 Å². The van der Waals surface area contributed by atoms with Gasteiger partial charge in [0.15, 0.2) is 0 Å². The Morgan fingerprint density at radius 3 is 2.50 bits per heavy atom. The van der Waals surface area contributed by atoms with E-state index in [4.69, 9.17) is 11.6 Å². The van der Waals surface area contributed by atoms with Gasteiger partial charge in [-0.15, -0.1) is 0 Å². The summed E-state index contributed by atoms with van der Waals surface area (Å²) in [5.74, 6) is 0.269. The summed E-state index contributed by atoms with van der Waals surface area (Å²) in [7, 11) is 0. The topological polar surface area (TPSA) is 37.8 Å². The number of hydrogen-bond acceptors (Lipinski definition) is 3. The van der Waals surface area contributed by atoms with E-state index in [-0.39, 0.29) is 16.8 Å². The Labute approximate surface area is 133 Å². The van der Waals surface area contributed by atoms with Crippen molar-refractivity contribution in [2.45, 2.75) is 6.18 Å². The molecule has 9 heteroatoms. The zero-order valence-electron chi connectivity index (χ0n) is 9.47. The van der Waals surface area contributed by atoms with Crippen LogP contribution in [-0.4, -0.2) is 9.97 Å². The third kappa shape index (κ3) is 3.62. The van der Waals surface area contributed by atoms with Crippen LogP contribution in [0.2, 0.25) is 5.28 Å². The molecule has 0 unspecified atom stereocenters. The van der Waals surface area contributed by atoms with Crippen LogP contribution in [0, 0.1) is 0 Å². The molecule has 0 aliphatic carbocycles. The van der Waals surface area contributed by atoms with Crippen molar-refractivity contribution in [2.24, 2.45) is 0 Å². The lowest BCUT2D eigenvalue weighted by Gasteiger charge is -2.12. The lowest BCUT2D eigenvalue weighted by molar-refractivity contribution is -0.137. The molecule has 0 saturated carbocycles. The molecule has 0 aliphatic rings. The van der Waals surface area contributed by atoms with Gasteiger partial charge in [0, 0.05) is 10.7 Å². The van der Waals surface area contributed by atoms with Crippen molar-refractivity contribution in [1.82, 2.24) is 9.97 Å². The summed E-state index contributed by atoms with van der Waals surface area (Å²) in [6, 6.07) is 3.27. The fraction of sp³-hybridized carbons (Fsp3) is 0.0909. The van der Waals surface area contributed by atoms with Gasteiger partial charge in [0.1, 0.15) is 5.82 Å². The van der Waals surface area contributed by atoms with Crippen molar-refractivity contribution in [2.75, 3.05) is 5.32 Å². The maximum atomic E-state index is 12.7. The summed E-state index contributed by atoms with van der Waals surface area (Å²) in [5.41, 5.74) is -0.547. The molecule has 3 nitrogen and oxygen atoms in total. The quantitative estimate of drug-likeness (QED) is 0.646. The van der Waals surface area contributed by atoms with Crippen molar-refractivity contribution in [3.05, 3.63) is 44.2 Å². The zero-order valence-corrected chi connectivity index (χ0v) is 13.4. The standard InChI is InChI=1S/C11H5Br2ClF3N3/c12-6-2-1-5(11(15,16)17)3-8(6)19-9-7(13)4-18-10(14)20-9/h1-4H,(H,18,19,20). The van der Waals surface area contributed by atoms with Crippen LogP contribution in [0.15, 0.2) is 33.3 Å². The Morgan fingerprint density at radius 2 is 1.85 bits per heavy atom. The van der Waals surface area contributed by atoms with E-state index in [0.29, 0.717) is 8.95 Å². The van der Waals surface area contributed by atoms with Gasteiger partial charge in [0.05, 0.1) is 15.7 Å². The van der Waals surface area contributed by atoms with Crippen molar-refractivity contribution in [3.8, 4) is 0 Å². The maximum Gasteiger partial charge on any atom is 0.416 e. The number of rotatable bonds is 2. The lowest BCUT2D eigenvalue weighted by Crippen LogP contribution is -2.06. The van der Waals surface area contributed by atoms with E-state index in [2.05, 4.69) is 47.1 Å². The highest BCUT2D eigenvalue weighted by atomic mass is 79.9. The Hall–Kier alpha value is -0.860. The highest BCUT2D eigenvalue weighted by Gasteiger charge is 2.31. The maximum absolute atomic E-state index is 12.7. The first kappa shape index (κ1) is 15.5. The normalized spacial score (nSPS) is 11.5. The molecule has 20 heavy (non-hydrogen) atoms. The van der Waals surface area contributed by atoms with Crippen LogP contribution in [0.25, 0.3) is 0 Å². The van der Waals surface area contributed by atoms with Gasteiger partial charge < -0.3 is 5.32 Å². The van der Waals surface area contributed by atoms with Gasteiger partial charge in [-0.25, -0.2) is 4.98 Å². The number of halogens is 6. The Morgan fingerprint density at radius 1 is 1.15 bits per heavy atom. The van der Waals surface area contributed by atoms with E-state index >= 15 is 0 Å². The molecule has 1 N–H and O–H groups in total. The molecular weight excluding hydrogens is 426 g/mol. The molecule has 1 heterocycles. The Balaban J connectivity index is 2.40. The number of benzene rings is 1. The molecule has 0 amide bonds. The molecule has 0 spiro atoms. The minimum absolute atomic E-state index is 0.0150. The predicted octanol–water partition coefficient (Wildman–Crippen LogP) is 5.42. The lowest BCUT2D eigenvalue weighted by atomic mass is 10.2. The smallest absolute Gasteiger partial charge is 0.338 e. The highest BCUT2D eigenvalue weighted by Crippen LogP contribution is 2.35. The van der Waals surface area contributed by atoms with Crippen LogP contribution in [-0.2, 0) is 6.18 Å². The molecule has 0 saturated heterocycles.